The molecular formula is C11H14O3. The van der Waals surface area contributed by atoms with Crippen molar-refractivity contribution in [3.05, 3.63) is 35.6 Å². The standard InChI is InChI=1S/C11H14O3/c1-5-7(2)6-11(4)9(12)8(3)10(13)14-11/h5-6,12H,1H2,2-4H3/b7-6+/t11-/m1/s1. The van der Waals surface area contributed by atoms with Crippen LogP contribution in [-0.4, -0.2) is 16.7 Å². The highest BCUT2D eigenvalue weighted by molar-refractivity contribution is 5.92. The molecule has 3 heteroatoms. The molecule has 76 valence electrons. The summed E-state index contributed by atoms with van der Waals surface area (Å²) in [5, 5.41) is 9.69. The molecule has 1 rings (SSSR count). The molecule has 0 radical (unpaired) electrons. The van der Waals surface area contributed by atoms with Crippen LogP contribution in [0.25, 0.3) is 0 Å². The zero-order valence-electron chi connectivity index (χ0n) is 8.63. The molecule has 0 bridgehead atoms. The number of hydrogen-bond acceptors (Lipinski definition) is 3. The Morgan fingerprint density at radius 1 is 1.64 bits per heavy atom. The van der Waals surface area contributed by atoms with Crippen molar-refractivity contribution in [1.82, 2.24) is 0 Å². The van der Waals surface area contributed by atoms with Gasteiger partial charge in [0, 0.05) is 0 Å². The molecule has 1 aliphatic heterocycles. The van der Waals surface area contributed by atoms with Gasteiger partial charge in [0.1, 0.15) is 5.76 Å². The number of carbonyl (C=O) groups excluding carboxylic acids is 1. The van der Waals surface area contributed by atoms with E-state index in [0.717, 1.165) is 5.57 Å². The number of hydrogen-bond donors (Lipinski definition) is 1. The summed E-state index contributed by atoms with van der Waals surface area (Å²) in [4.78, 5) is 11.2. The smallest absolute Gasteiger partial charge is 0.338 e. The van der Waals surface area contributed by atoms with Crippen molar-refractivity contribution in [3.8, 4) is 0 Å². The maximum atomic E-state index is 11.2. The molecule has 0 amide bonds. The van der Waals surface area contributed by atoms with Gasteiger partial charge >= 0.3 is 5.97 Å². The maximum absolute atomic E-state index is 11.2. The predicted octanol–water partition coefficient (Wildman–Crippen LogP) is 2.27. The molecule has 1 N–H and O–H groups in total. The highest BCUT2D eigenvalue weighted by atomic mass is 16.6. The number of rotatable bonds is 2. The molecular weight excluding hydrogens is 180 g/mol. The third kappa shape index (κ3) is 1.58. The van der Waals surface area contributed by atoms with Crippen LogP contribution in [0.3, 0.4) is 0 Å². The minimum atomic E-state index is -1.03. The number of carbonyl (C=O) groups is 1. The first-order valence-electron chi connectivity index (χ1n) is 4.36. The second kappa shape index (κ2) is 3.33. The third-order valence-electron chi connectivity index (χ3n) is 2.26. The summed E-state index contributed by atoms with van der Waals surface area (Å²) < 4.78 is 5.06. The molecule has 0 aromatic rings. The summed E-state index contributed by atoms with van der Waals surface area (Å²) >= 11 is 0. The summed E-state index contributed by atoms with van der Waals surface area (Å²) in [6.07, 6.45) is 3.31. The van der Waals surface area contributed by atoms with Crippen molar-refractivity contribution in [3.63, 3.8) is 0 Å². The first-order chi connectivity index (χ1) is 6.40. The number of allylic oxidation sites excluding steroid dienone is 2. The van der Waals surface area contributed by atoms with E-state index < -0.39 is 11.6 Å². The third-order valence-corrected chi connectivity index (χ3v) is 2.26. The van der Waals surface area contributed by atoms with Gasteiger partial charge in [-0.25, -0.2) is 4.79 Å². The van der Waals surface area contributed by atoms with E-state index in [9.17, 15) is 9.90 Å². The normalized spacial score (nSPS) is 27.9. The van der Waals surface area contributed by atoms with E-state index in [2.05, 4.69) is 6.58 Å². The van der Waals surface area contributed by atoms with E-state index in [4.69, 9.17) is 4.74 Å². The SMILES string of the molecule is C=C/C(C)=C/[C@@]1(C)OC(=O)C(C)=C1O. The fourth-order valence-electron chi connectivity index (χ4n) is 1.38. The summed E-state index contributed by atoms with van der Waals surface area (Å²) in [6.45, 7) is 8.60. The van der Waals surface area contributed by atoms with Gasteiger partial charge in [0.05, 0.1) is 5.57 Å². The molecule has 0 aliphatic carbocycles. The van der Waals surface area contributed by atoms with Crippen molar-refractivity contribution in [1.29, 1.82) is 0 Å². The minimum absolute atomic E-state index is 0.0244. The fourth-order valence-corrected chi connectivity index (χ4v) is 1.38. The lowest BCUT2D eigenvalue weighted by Crippen LogP contribution is -2.25. The van der Waals surface area contributed by atoms with Crippen molar-refractivity contribution >= 4 is 5.97 Å². The van der Waals surface area contributed by atoms with Gasteiger partial charge in [0.25, 0.3) is 0 Å². The Labute approximate surface area is 83.4 Å². The van der Waals surface area contributed by atoms with Crippen molar-refractivity contribution in [2.75, 3.05) is 0 Å². The average molecular weight is 194 g/mol. The first kappa shape index (κ1) is 10.6. The minimum Gasteiger partial charge on any atom is -0.507 e. The molecule has 0 unspecified atom stereocenters. The lowest BCUT2D eigenvalue weighted by Gasteiger charge is -2.19. The highest BCUT2D eigenvalue weighted by Gasteiger charge is 2.40. The van der Waals surface area contributed by atoms with Gasteiger partial charge in [-0.05, 0) is 26.8 Å². The molecule has 1 aliphatic rings. The number of esters is 1. The summed E-state index contributed by atoms with van der Waals surface area (Å²) in [5.41, 5.74) is 0.0848. The fraction of sp³-hybridized carbons (Fsp3) is 0.364. The van der Waals surface area contributed by atoms with Gasteiger partial charge in [-0.1, -0.05) is 18.2 Å². The van der Waals surface area contributed by atoms with E-state index in [1.54, 1.807) is 26.0 Å². The molecule has 0 aromatic carbocycles. The number of cyclic esters (lactones) is 1. The highest BCUT2D eigenvalue weighted by Crippen LogP contribution is 2.32. The molecule has 0 saturated heterocycles. The van der Waals surface area contributed by atoms with Crippen LogP contribution in [0, 0.1) is 0 Å². The average Bonchev–Trinajstić information content (AvgIpc) is 2.30. The van der Waals surface area contributed by atoms with Crippen molar-refractivity contribution < 1.29 is 14.6 Å². The maximum Gasteiger partial charge on any atom is 0.338 e. The van der Waals surface area contributed by atoms with Gasteiger partial charge < -0.3 is 9.84 Å². The molecule has 0 saturated carbocycles. The van der Waals surface area contributed by atoms with Crippen LogP contribution in [0.5, 0.6) is 0 Å². The predicted molar refractivity (Wildman–Crippen MR) is 53.8 cm³/mol. The van der Waals surface area contributed by atoms with Gasteiger partial charge in [-0.15, -0.1) is 0 Å². The largest absolute Gasteiger partial charge is 0.507 e. The zero-order valence-corrected chi connectivity index (χ0v) is 8.63. The van der Waals surface area contributed by atoms with Crippen molar-refractivity contribution in [2.24, 2.45) is 0 Å². The Hall–Kier alpha value is -1.51. The zero-order chi connectivity index (χ0) is 10.9. The Morgan fingerprint density at radius 3 is 2.57 bits per heavy atom. The van der Waals surface area contributed by atoms with Crippen LogP contribution >= 0.6 is 0 Å². The molecule has 3 nitrogen and oxygen atoms in total. The summed E-state index contributed by atoms with van der Waals surface area (Å²) in [6, 6.07) is 0. The Bertz CT molecular complexity index is 350. The van der Waals surface area contributed by atoms with Crippen LogP contribution in [0.1, 0.15) is 20.8 Å². The summed E-state index contributed by atoms with van der Waals surface area (Å²) in [5.74, 6) is -0.498. The molecule has 1 heterocycles. The van der Waals surface area contributed by atoms with E-state index in [1.165, 1.54) is 0 Å². The topological polar surface area (TPSA) is 46.5 Å². The Balaban J connectivity index is 3.12. The van der Waals surface area contributed by atoms with Crippen LogP contribution in [-0.2, 0) is 9.53 Å². The molecule has 1 atom stereocenters. The molecule has 0 aromatic heterocycles. The number of ether oxygens (including phenoxy) is 1. The molecule has 14 heavy (non-hydrogen) atoms. The quantitative estimate of drug-likeness (QED) is 0.541. The molecule has 0 spiro atoms. The van der Waals surface area contributed by atoms with Gasteiger partial charge in [0.2, 0.25) is 0 Å². The Kier molecular flexibility index (Phi) is 2.51. The van der Waals surface area contributed by atoms with Crippen molar-refractivity contribution in [2.45, 2.75) is 26.4 Å². The lowest BCUT2D eigenvalue weighted by molar-refractivity contribution is -0.143. The second-order valence-electron chi connectivity index (χ2n) is 3.56. The van der Waals surface area contributed by atoms with E-state index in [-0.39, 0.29) is 11.3 Å². The Morgan fingerprint density at radius 2 is 2.21 bits per heavy atom. The first-order valence-corrected chi connectivity index (χ1v) is 4.36. The van der Waals surface area contributed by atoms with Crippen LogP contribution in [0.4, 0.5) is 0 Å². The second-order valence-corrected chi connectivity index (χ2v) is 3.56. The monoisotopic (exact) mass is 194 g/mol. The van der Waals surface area contributed by atoms with E-state index >= 15 is 0 Å². The summed E-state index contributed by atoms with van der Waals surface area (Å²) in [7, 11) is 0. The van der Waals surface area contributed by atoms with Crippen LogP contribution in [0.15, 0.2) is 35.6 Å². The van der Waals surface area contributed by atoms with Gasteiger partial charge in [-0.3, -0.25) is 0 Å². The van der Waals surface area contributed by atoms with Crippen LogP contribution < -0.4 is 0 Å². The van der Waals surface area contributed by atoms with Gasteiger partial charge in [0.15, 0.2) is 5.60 Å². The van der Waals surface area contributed by atoms with E-state index in [1.807, 2.05) is 6.92 Å². The molecule has 0 fully saturated rings. The van der Waals surface area contributed by atoms with Gasteiger partial charge in [-0.2, -0.15) is 0 Å². The van der Waals surface area contributed by atoms with E-state index in [0.29, 0.717) is 0 Å². The lowest BCUT2D eigenvalue weighted by atomic mass is 10.00. The number of aliphatic hydroxyl groups excluding tert-OH is 1. The number of aliphatic hydroxyl groups is 1. The van der Waals surface area contributed by atoms with Crippen LogP contribution in [0.2, 0.25) is 0 Å².